The van der Waals surface area contributed by atoms with Crippen LogP contribution in [-0.2, 0) is 22.1 Å². The number of carbonyl (C=O) groups excluding carboxylic acids is 1. The Morgan fingerprint density at radius 1 is 1.00 bits per heavy atom. The first-order valence-corrected chi connectivity index (χ1v) is 9.58. The summed E-state index contributed by atoms with van der Waals surface area (Å²) in [7, 11) is -3.66. The van der Waals surface area contributed by atoms with Crippen LogP contribution in [0.25, 0.3) is 0 Å². The molecule has 1 heterocycles. The molecule has 3 rings (SSSR count). The summed E-state index contributed by atoms with van der Waals surface area (Å²) in [5, 5.41) is 2.46. The average molecular weight is 391 g/mol. The van der Waals surface area contributed by atoms with Crippen molar-refractivity contribution in [1.29, 1.82) is 0 Å². The fraction of sp³-hybridized carbons (Fsp3) is 0.105. The lowest BCUT2D eigenvalue weighted by molar-refractivity contribution is 0.0922. The fourth-order valence-corrected chi connectivity index (χ4v) is 3.92. The molecule has 2 aromatic carbocycles. The van der Waals surface area contributed by atoms with E-state index in [1.54, 1.807) is 18.2 Å². The molecule has 0 radical (unpaired) electrons. The molecule has 8 heteroatoms. The number of hydrogen-bond acceptors (Lipinski definition) is 4. The van der Waals surface area contributed by atoms with E-state index in [0.29, 0.717) is 0 Å². The second kappa shape index (κ2) is 7.71. The maximum atomic E-state index is 13.2. The molecular weight excluding hydrogens is 376 g/mol. The van der Waals surface area contributed by atoms with Gasteiger partial charge in [-0.2, -0.15) is 0 Å². The van der Waals surface area contributed by atoms with E-state index >= 15 is 0 Å². The van der Waals surface area contributed by atoms with Crippen LogP contribution in [0.2, 0.25) is 0 Å². The molecule has 0 unspecified atom stereocenters. The van der Waals surface area contributed by atoms with E-state index < -0.39 is 33.1 Å². The Morgan fingerprint density at radius 2 is 1.67 bits per heavy atom. The Balaban J connectivity index is 1.73. The van der Waals surface area contributed by atoms with Gasteiger partial charge in [0.15, 0.2) is 15.6 Å². The third-order valence-electron chi connectivity index (χ3n) is 3.78. The summed E-state index contributed by atoms with van der Waals surface area (Å²) in [5.41, 5.74) is 0.424. The molecule has 0 aliphatic rings. The second-order valence-electron chi connectivity index (χ2n) is 5.81. The van der Waals surface area contributed by atoms with Crippen LogP contribution in [0.3, 0.4) is 0 Å². The fourth-order valence-electron chi connectivity index (χ4n) is 2.54. The SMILES string of the molecule is O=C(NCc1cc(F)cc(F)c1)c1occc1CS(=O)(=O)c1ccccc1. The molecule has 0 saturated heterocycles. The van der Waals surface area contributed by atoms with E-state index in [1.807, 2.05) is 0 Å². The summed E-state index contributed by atoms with van der Waals surface area (Å²) in [6.07, 6.45) is 1.21. The number of rotatable bonds is 6. The van der Waals surface area contributed by atoms with E-state index in [9.17, 15) is 22.0 Å². The van der Waals surface area contributed by atoms with Gasteiger partial charge in [-0.3, -0.25) is 4.79 Å². The molecule has 5 nitrogen and oxygen atoms in total. The minimum atomic E-state index is -3.66. The van der Waals surface area contributed by atoms with Crippen molar-refractivity contribution in [2.45, 2.75) is 17.2 Å². The number of carbonyl (C=O) groups is 1. The third kappa shape index (κ3) is 4.59. The van der Waals surface area contributed by atoms with Crippen LogP contribution in [0.5, 0.6) is 0 Å². The standard InChI is InChI=1S/C19H15F2NO4S/c20-15-8-13(9-16(21)10-15)11-22-19(23)18-14(6-7-26-18)12-27(24,25)17-4-2-1-3-5-17/h1-10H,11-12H2,(H,22,23). The predicted molar refractivity (Wildman–Crippen MR) is 93.6 cm³/mol. The van der Waals surface area contributed by atoms with Crippen LogP contribution >= 0.6 is 0 Å². The van der Waals surface area contributed by atoms with E-state index in [4.69, 9.17) is 4.42 Å². The third-order valence-corrected chi connectivity index (χ3v) is 5.46. The molecule has 1 amide bonds. The molecule has 27 heavy (non-hydrogen) atoms. The van der Waals surface area contributed by atoms with E-state index in [0.717, 1.165) is 18.2 Å². The van der Waals surface area contributed by atoms with Crippen LogP contribution in [0.1, 0.15) is 21.7 Å². The highest BCUT2D eigenvalue weighted by atomic mass is 32.2. The first kappa shape index (κ1) is 18.8. The summed E-state index contributed by atoms with van der Waals surface area (Å²) in [6, 6.07) is 12.1. The molecule has 0 saturated carbocycles. The normalized spacial score (nSPS) is 11.3. The zero-order valence-corrected chi connectivity index (χ0v) is 14.8. The van der Waals surface area contributed by atoms with Gasteiger partial charge in [0.2, 0.25) is 0 Å². The second-order valence-corrected chi connectivity index (χ2v) is 7.80. The first-order valence-electron chi connectivity index (χ1n) is 7.92. The quantitative estimate of drug-likeness (QED) is 0.698. The van der Waals surface area contributed by atoms with Crippen LogP contribution in [0.15, 0.2) is 70.2 Å². The average Bonchev–Trinajstić information content (AvgIpc) is 3.07. The summed E-state index contributed by atoms with van der Waals surface area (Å²) < 4.78 is 56.5. The number of halogens is 2. The van der Waals surface area contributed by atoms with Crippen molar-refractivity contribution < 1.29 is 26.4 Å². The van der Waals surface area contributed by atoms with Gasteiger partial charge in [-0.25, -0.2) is 17.2 Å². The lowest BCUT2D eigenvalue weighted by atomic mass is 10.2. The molecule has 0 atom stereocenters. The van der Waals surface area contributed by atoms with Gasteiger partial charge in [0, 0.05) is 18.2 Å². The highest BCUT2D eigenvalue weighted by molar-refractivity contribution is 7.90. The number of furan rings is 1. The van der Waals surface area contributed by atoms with Gasteiger partial charge in [-0.05, 0) is 35.9 Å². The molecule has 0 bridgehead atoms. The van der Waals surface area contributed by atoms with Gasteiger partial charge in [-0.1, -0.05) is 18.2 Å². The minimum Gasteiger partial charge on any atom is -0.459 e. The smallest absolute Gasteiger partial charge is 0.287 e. The van der Waals surface area contributed by atoms with Gasteiger partial charge >= 0.3 is 0 Å². The van der Waals surface area contributed by atoms with Crippen LogP contribution < -0.4 is 5.32 Å². The maximum Gasteiger partial charge on any atom is 0.287 e. The Labute approximate surface area is 154 Å². The number of benzene rings is 2. The molecule has 1 aromatic heterocycles. The summed E-state index contributed by atoms with van der Waals surface area (Å²) in [4.78, 5) is 12.4. The monoisotopic (exact) mass is 391 g/mol. The van der Waals surface area contributed by atoms with E-state index in [1.165, 1.54) is 24.5 Å². The minimum absolute atomic E-state index is 0.132. The zero-order chi connectivity index (χ0) is 19.4. The summed E-state index contributed by atoms with van der Waals surface area (Å²) >= 11 is 0. The number of hydrogen-bond donors (Lipinski definition) is 1. The van der Waals surface area contributed by atoms with E-state index in [2.05, 4.69) is 5.32 Å². The number of amides is 1. The van der Waals surface area contributed by atoms with Crippen molar-refractivity contribution in [2.24, 2.45) is 0 Å². The van der Waals surface area contributed by atoms with Crippen molar-refractivity contribution in [1.82, 2.24) is 5.32 Å². The van der Waals surface area contributed by atoms with E-state index in [-0.39, 0.29) is 28.3 Å². The van der Waals surface area contributed by atoms with Gasteiger partial charge in [0.25, 0.3) is 5.91 Å². The Kier molecular flexibility index (Phi) is 5.36. The molecule has 3 aromatic rings. The lowest BCUT2D eigenvalue weighted by Crippen LogP contribution is -2.24. The number of sulfone groups is 1. The zero-order valence-electron chi connectivity index (χ0n) is 14.0. The summed E-state index contributed by atoms with van der Waals surface area (Å²) in [5.74, 6) is -2.77. The highest BCUT2D eigenvalue weighted by Crippen LogP contribution is 2.20. The predicted octanol–water partition coefficient (Wildman–Crippen LogP) is 3.46. The lowest BCUT2D eigenvalue weighted by Gasteiger charge is -2.07. The van der Waals surface area contributed by atoms with Gasteiger partial charge in [-0.15, -0.1) is 0 Å². The molecule has 140 valence electrons. The highest BCUT2D eigenvalue weighted by Gasteiger charge is 2.22. The first-order chi connectivity index (χ1) is 12.8. The Hall–Kier alpha value is -3.00. The molecule has 0 aliphatic carbocycles. The Morgan fingerprint density at radius 3 is 2.33 bits per heavy atom. The van der Waals surface area contributed by atoms with Gasteiger partial charge < -0.3 is 9.73 Å². The van der Waals surface area contributed by atoms with Crippen LogP contribution in [0, 0.1) is 11.6 Å². The van der Waals surface area contributed by atoms with Crippen LogP contribution in [-0.4, -0.2) is 14.3 Å². The van der Waals surface area contributed by atoms with Crippen molar-refractivity contribution in [2.75, 3.05) is 0 Å². The molecule has 0 fully saturated rings. The molecular formula is C19H15F2NO4S. The number of nitrogens with one attached hydrogen (secondary N) is 1. The molecule has 0 aliphatic heterocycles. The Bertz CT molecular complexity index is 1040. The van der Waals surface area contributed by atoms with Gasteiger partial charge in [0.1, 0.15) is 11.6 Å². The van der Waals surface area contributed by atoms with Crippen molar-refractivity contribution in [3.63, 3.8) is 0 Å². The summed E-state index contributed by atoms with van der Waals surface area (Å²) in [6.45, 7) is -0.140. The topological polar surface area (TPSA) is 76.4 Å². The van der Waals surface area contributed by atoms with Crippen molar-refractivity contribution in [3.8, 4) is 0 Å². The van der Waals surface area contributed by atoms with Crippen molar-refractivity contribution in [3.05, 3.63) is 89.4 Å². The van der Waals surface area contributed by atoms with Crippen molar-refractivity contribution >= 4 is 15.7 Å². The van der Waals surface area contributed by atoms with Crippen LogP contribution in [0.4, 0.5) is 8.78 Å². The maximum absolute atomic E-state index is 13.2. The molecule has 1 N–H and O–H groups in total. The molecule has 0 spiro atoms. The largest absolute Gasteiger partial charge is 0.459 e. The van der Waals surface area contributed by atoms with Gasteiger partial charge in [0.05, 0.1) is 16.9 Å².